The molecule has 0 saturated carbocycles. The molecule has 1 heterocycles. The van der Waals surface area contributed by atoms with E-state index >= 15 is 0 Å². The van der Waals surface area contributed by atoms with Crippen molar-refractivity contribution in [3.8, 4) is 0 Å². The molecule has 19 heavy (non-hydrogen) atoms. The average Bonchev–Trinajstić information content (AvgIpc) is 2.78. The van der Waals surface area contributed by atoms with Crippen LogP contribution in [0.25, 0.3) is 0 Å². The summed E-state index contributed by atoms with van der Waals surface area (Å²) in [5, 5.41) is 8.03. The van der Waals surface area contributed by atoms with Crippen molar-refractivity contribution in [1.82, 2.24) is 4.31 Å². The fraction of sp³-hybridized carbons (Fsp3) is 0.400. The van der Waals surface area contributed by atoms with Crippen molar-refractivity contribution < 1.29 is 32.3 Å². The summed E-state index contributed by atoms with van der Waals surface area (Å²) in [5.74, 6) is -2.35. The molecule has 0 aliphatic carbocycles. The molecule has 9 heteroatoms. The SMILES string of the molecule is CCOC(=O)c1ccc(S(=O)(=O)N(C)CC(=O)O)o1. The van der Waals surface area contributed by atoms with Gasteiger partial charge in [0.15, 0.2) is 0 Å². The van der Waals surface area contributed by atoms with Crippen LogP contribution < -0.4 is 0 Å². The monoisotopic (exact) mass is 291 g/mol. The number of carbonyl (C=O) groups excluding carboxylic acids is 1. The maximum absolute atomic E-state index is 11.9. The molecule has 0 aliphatic rings. The van der Waals surface area contributed by atoms with Gasteiger partial charge in [0, 0.05) is 7.05 Å². The summed E-state index contributed by atoms with van der Waals surface area (Å²) < 4.78 is 33.9. The molecule has 0 bridgehead atoms. The molecule has 8 nitrogen and oxygen atoms in total. The summed E-state index contributed by atoms with van der Waals surface area (Å²) in [7, 11) is -2.99. The highest BCUT2D eigenvalue weighted by molar-refractivity contribution is 7.89. The van der Waals surface area contributed by atoms with Crippen molar-refractivity contribution in [3.63, 3.8) is 0 Å². The summed E-state index contributed by atoms with van der Waals surface area (Å²) in [6.45, 7) is 1.01. The molecule has 106 valence electrons. The molecule has 1 N–H and O–H groups in total. The molecule has 0 aromatic carbocycles. The van der Waals surface area contributed by atoms with Crippen molar-refractivity contribution in [2.75, 3.05) is 20.2 Å². The lowest BCUT2D eigenvalue weighted by Gasteiger charge is -2.12. The first-order chi connectivity index (χ1) is 8.78. The molecular formula is C10H13NO7S. The topological polar surface area (TPSA) is 114 Å². The second-order valence-corrected chi connectivity index (χ2v) is 5.47. The van der Waals surface area contributed by atoms with Gasteiger partial charge in [-0.3, -0.25) is 4.79 Å². The first kappa shape index (κ1) is 15.2. The molecule has 0 radical (unpaired) electrons. The lowest BCUT2D eigenvalue weighted by Crippen LogP contribution is -2.31. The third-order valence-corrected chi connectivity index (χ3v) is 3.76. The van der Waals surface area contributed by atoms with Crippen LogP contribution in [-0.2, 0) is 19.6 Å². The van der Waals surface area contributed by atoms with Crippen LogP contribution in [0.3, 0.4) is 0 Å². The highest BCUT2D eigenvalue weighted by atomic mass is 32.2. The zero-order valence-electron chi connectivity index (χ0n) is 10.3. The minimum atomic E-state index is -4.08. The van der Waals surface area contributed by atoms with Crippen LogP contribution in [0.5, 0.6) is 0 Å². The number of carboxylic acids is 1. The van der Waals surface area contributed by atoms with Crippen LogP contribution in [0, 0.1) is 0 Å². The van der Waals surface area contributed by atoms with E-state index < -0.39 is 33.6 Å². The second kappa shape index (κ2) is 5.85. The number of likely N-dealkylation sites (N-methyl/N-ethyl adjacent to an activating group) is 1. The Bertz CT molecular complexity index is 574. The van der Waals surface area contributed by atoms with Gasteiger partial charge in [-0.15, -0.1) is 0 Å². The molecule has 0 amide bonds. The summed E-state index contributed by atoms with van der Waals surface area (Å²) in [4.78, 5) is 21.8. The van der Waals surface area contributed by atoms with E-state index in [1.54, 1.807) is 6.92 Å². The fourth-order valence-electron chi connectivity index (χ4n) is 1.20. The molecule has 0 aliphatic heterocycles. The van der Waals surface area contributed by atoms with E-state index in [0.717, 1.165) is 19.2 Å². The minimum absolute atomic E-state index is 0.126. The Morgan fingerprint density at radius 1 is 1.42 bits per heavy atom. The summed E-state index contributed by atoms with van der Waals surface area (Å²) in [6, 6.07) is 2.22. The molecule has 0 atom stereocenters. The number of ether oxygens (including phenoxy) is 1. The van der Waals surface area contributed by atoms with Crippen LogP contribution in [0.1, 0.15) is 17.5 Å². The van der Waals surface area contributed by atoms with Crippen LogP contribution >= 0.6 is 0 Å². The predicted molar refractivity (Wildman–Crippen MR) is 62.1 cm³/mol. The number of hydrogen-bond acceptors (Lipinski definition) is 6. The smallest absolute Gasteiger partial charge is 0.374 e. The van der Waals surface area contributed by atoms with Crippen LogP contribution in [0.4, 0.5) is 0 Å². The highest BCUT2D eigenvalue weighted by Gasteiger charge is 2.27. The van der Waals surface area contributed by atoms with E-state index in [1.807, 2.05) is 0 Å². The lowest BCUT2D eigenvalue weighted by molar-refractivity contribution is -0.137. The minimum Gasteiger partial charge on any atom is -0.480 e. The Labute approximate surface area is 109 Å². The van der Waals surface area contributed by atoms with Crippen LogP contribution in [0.2, 0.25) is 0 Å². The van der Waals surface area contributed by atoms with Crippen LogP contribution in [-0.4, -0.2) is 50.0 Å². The zero-order chi connectivity index (χ0) is 14.6. The van der Waals surface area contributed by atoms with Gasteiger partial charge < -0.3 is 14.3 Å². The molecule has 1 rings (SSSR count). The maximum atomic E-state index is 11.9. The quantitative estimate of drug-likeness (QED) is 0.742. The van der Waals surface area contributed by atoms with Gasteiger partial charge in [-0.25, -0.2) is 13.2 Å². The molecule has 0 saturated heterocycles. The average molecular weight is 291 g/mol. The number of rotatable bonds is 6. The Balaban J connectivity index is 2.97. The third kappa shape index (κ3) is 3.55. The summed E-state index contributed by atoms with van der Waals surface area (Å²) >= 11 is 0. The Hall–Kier alpha value is -1.87. The van der Waals surface area contributed by atoms with Gasteiger partial charge in [0.25, 0.3) is 10.0 Å². The molecular weight excluding hydrogens is 278 g/mol. The number of carboxylic acid groups (broad SMARTS) is 1. The molecule has 1 aromatic rings. The third-order valence-electron chi connectivity index (χ3n) is 2.08. The zero-order valence-corrected chi connectivity index (χ0v) is 11.1. The number of hydrogen-bond donors (Lipinski definition) is 1. The van der Waals surface area contributed by atoms with E-state index in [9.17, 15) is 18.0 Å². The Morgan fingerprint density at radius 2 is 2.05 bits per heavy atom. The number of furan rings is 1. The summed E-state index contributed by atoms with van der Waals surface area (Å²) in [5.41, 5.74) is 0. The normalized spacial score (nSPS) is 11.5. The van der Waals surface area contributed by atoms with Gasteiger partial charge >= 0.3 is 11.9 Å². The summed E-state index contributed by atoms with van der Waals surface area (Å²) in [6.07, 6.45) is 0. The van der Waals surface area contributed by atoms with E-state index in [0.29, 0.717) is 4.31 Å². The van der Waals surface area contributed by atoms with Gasteiger partial charge in [-0.2, -0.15) is 4.31 Å². The van der Waals surface area contributed by atoms with Crippen molar-refractivity contribution in [2.45, 2.75) is 12.0 Å². The highest BCUT2D eigenvalue weighted by Crippen LogP contribution is 2.18. The predicted octanol–water partition coefficient (Wildman–Crippen LogP) is 0.161. The van der Waals surface area contributed by atoms with Gasteiger partial charge in [0.1, 0.15) is 6.54 Å². The Morgan fingerprint density at radius 3 is 2.58 bits per heavy atom. The first-order valence-corrected chi connectivity index (χ1v) is 6.68. The van der Waals surface area contributed by atoms with E-state index in [2.05, 4.69) is 4.74 Å². The van der Waals surface area contributed by atoms with Gasteiger partial charge in [-0.1, -0.05) is 0 Å². The van der Waals surface area contributed by atoms with Gasteiger partial charge in [0.2, 0.25) is 10.9 Å². The number of nitrogens with zero attached hydrogens (tertiary/aromatic N) is 1. The van der Waals surface area contributed by atoms with Gasteiger partial charge in [-0.05, 0) is 19.1 Å². The molecule has 0 spiro atoms. The number of esters is 1. The fourth-order valence-corrected chi connectivity index (χ4v) is 2.22. The molecule has 1 aromatic heterocycles. The number of sulfonamides is 1. The second-order valence-electron chi connectivity index (χ2n) is 3.49. The molecule has 0 fully saturated rings. The first-order valence-electron chi connectivity index (χ1n) is 5.24. The Kier molecular flexibility index (Phi) is 4.67. The van der Waals surface area contributed by atoms with Crippen LogP contribution in [0.15, 0.2) is 21.6 Å². The lowest BCUT2D eigenvalue weighted by atomic mass is 10.5. The van der Waals surface area contributed by atoms with Gasteiger partial charge in [0.05, 0.1) is 6.61 Å². The molecule has 0 unspecified atom stereocenters. The van der Waals surface area contributed by atoms with Crippen molar-refractivity contribution in [2.24, 2.45) is 0 Å². The standard InChI is InChI=1S/C10H13NO7S/c1-3-17-10(14)7-4-5-9(18-7)19(15,16)11(2)6-8(12)13/h4-5H,3,6H2,1-2H3,(H,12,13). The van der Waals surface area contributed by atoms with Crippen molar-refractivity contribution in [1.29, 1.82) is 0 Å². The number of carbonyl (C=O) groups is 2. The number of aliphatic carboxylic acids is 1. The van der Waals surface area contributed by atoms with Crippen molar-refractivity contribution >= 4 is 22.0 Å². The van der Waals surface area contributed by atoms with Crippen molar-refractivity contribution in [3.05, 3.63) is 17.9 Å². The largest absolute Gasteiger partial charge is 0.480 e. The van der Waals surface area contributed by atoms with E-state index in [-0.39, 0.29) is 12.4 Å². The van der Waals surface area contributed by atoms with E-state index in [1.165, 1.54) is 0 Å². The maximum Gasteiger partial charge on any atom is 0.374 e. The van der Waals surface area contributed by atoms with E-state index in [4.69, 9.17) is 9.52 Å².